The highest BCUT2D eigenvalue weighted by atomic mass is 16.5. The van der Waals surface area contributed by atoms with E-state index in [0.717, 1.165) is 18.5 Å². The molecule has 5 heteroatoms. The highest BCUT2D eigenvalue weighted by Crippen LogP contribution is 2.29. The van der Waals surface area contributed by atoms with Gasteiger partial charge in [0.25, 0.3) is 5.91 Å². The van der Waals surface area contributed by atoms with Gasteiger partial charge in [0.1, 0.15) is 0 Å². The summed E-state index contributed by atoms with van der Waals surface area (Å²) in [5, 5.41) is 2.90. The average molecular weight is 353 g/mol. The van der Waals surface area contributed by atoms with Crippen molar-refractivity contribution in [3.63, 3.8) is 0 Å². The molecule has 0 unspecified atom stereocenters. The van der Waals surface area contributed by atoms with E-state index in [1.807, 2.05) is 12.1 Å². The van der Waals surface area contributed by atoms with Gasteiger partial charge in [-0.3, -0.25) is 9.59 Å². The van der Waals surface area contributed by atoms with Crippen LogP contribution in [0.4, 0.5) is 5.69 Å². The second kappa shape index (κ2) is 7.60. The minimum atomic E-state index is -0.708. The van der Waals surface area contributed by atoms with E-state index in [2.05, 4.69) is 11.4 Å². The molecule has 0 bridgehead atoms. The number of nitrogens with one attached hydrogen (secondary N) is 1. The molecule has 0 spiro atoms. The van der Waals surface area contributed by atoms with Gasteiger partial charge in [-0.1, -0.05) is 6.07 Å². The summed E-state index contributed by atoms with van der Waals surface area (Å²) in [5.74, 6) is 0.557. The highest BCUT2D eigenvalue weighted by Gasteiger charge is 2.19. The van der Waals surface area contributed by atoms with E-state index in [1.54, 1.807) is 25.1 Å². The van der Waals surface area contributed by atoms with E-state index in [4.69, 9.17) is 9.47 Å². The summed E-state index contributed by atoms with van der Waals surface area (Å²) in [6.45, 7) is 3.17. The van der Waals surface area contributed by atoms with E-state index in [0.29, 0.717) is 17.1 Å². The highest BCUT2D eigenvalue weighted by molar-refractivity contribution is 5.95. The fourth-order valence-corrected chi connectivity index (χ4v) is 3.12. The molecule has 0 heterocycles. The fourth-order valence-electron chi connectivity index (χ4n) is 3.12. The van der Waals surface area contributed by atoms with Crippen LogP contribution in [0.25, 0.3) is 0 Å². The molecular weight excluding hydrogens is 330 g/mol. The van der Waals surface area contributed by atoms with Crippen LogP contribution in [0.3, 0.4) is 0 Å². The van der Waals surface area contributed by atoms with E-state index in [9.17, 15) is 9.59 Å². The molecule has 1 aliphatic carbocycles. The zero-order valence-corrected chi connectivity index (χ0v) is 15.3. The Labute approximate surface area is 153 Å². The lowest BCUT2D eigenvalue weighted by Gasteiger charge is -2.17. The minimum absolute atomic E-state index is 0.0581. The molecule has 1 amide bonds. The van der Waals surface area contributed by atoms with Crippen molar-refractivity contribution in [1.82, 2.24) is 0 Å². The van der Waals surface area contributed by atoms with Gasteiger partial charge in [-0.05, 0) is 74.6 Å². The number of hydrogen-bond acceptors (Lipinski definition) is 4. The fraction of sp³-hybridized carbons (Fsp3) is 0.333. The summed E-state index contributed by atoms with van der Waals surface area (Å²) < 4.78 is 11.0. The predicted molar refractivity (Wildman–Crippen MR) is 100 cm³/mol. The predicted octanol–water partition coefficient (Wildman–Crippen LogP) is 3.79. The maximum Gasteiger partial charge on any atom is 0.265 e. The van der Waals surface area contributed by atoms with Crippen LogP contribution in [0.2, 0.25) is 0 Å². The standard InChI is InChI=1S/C21H23NO4/c1-13(23)16-8-10-19(20(12-16)25-3)26-14(2)21(24)22-18-9-7-15-5-4-6-17(15)11-18/h7-12,14H,4-6H2,1-3H3,(H,22,24)/t14-/m0/s1. The first-order chi connectivity index (χ1) is 12.5. The lowest BCUT2D eigenvalue weighted by atomic mass is 10.1. The molecule has 5 nitrogen and oxygen atoms in total. The summed E-state index contributed by atoms with van der Waals surface area (Å²) in [4.78, 5) is 23.9. The number of aryl methyl sites for hydroxylation is 2. The number of ether oxygens (including phenoxy) is 2. The molecule has 0 saturated carbocycles. The SMILES string of the molecule is COc1cc(C(C)=O)ccc1O[C@@H](C)C(=O)Nc1ccc2c(c1)CCC2. The van der Waals surface area contributed by atoms with Crippen molar-refractivity contribution in [2.75, 3.05) is 12.4 Å². The van der Waals surface area contributed by atoms with E-state index < -0.39 is 6.10 Å². The van der Waals surface area contributed by atoms with Gasteiger partial charge < -0.3 is 14.8 Å². The Morgan fingerprint density at radius 3 is 2.54 bits per heavy atom. The van der Waals surface area contributed by atoms with Crippen LogP contribution in [0.1, 0.15) is 41.8 Å². The molecule has 0 fully saturated rings. The Morgan fingerprint density at radius 2 is 1.81 bits per heavy atom. The van der Waals surface area contributed by atoms with Crippen LogP contribution in [0, 0.1) is 0 Å². The average Bonchev–Trinajstić information content (AvgIpc) is 3.09. The zero-order valence-electron chi connectivity index (χ0n) is 15.3. The van der Waals surface area contributed by atoms with Crippen molar-refractivity contribution in [2.24, 2.45) is 0 Å². The number of ketones is 1. The second-order valence-electron chi connectivity index (χ2n) is 6.51. The van der Waals surface area contributed by atoms with Crippen LogP contribution < -0.4 is 14.8 Å². The molecule has 26 heavy (non-hydrogen) atoms. The van der Waals surface area contributed by atoms with Crippen LogP contribution in [0.15, 0.2) is 36.4 Å². The Morgan fingerprint density at radius 1 is 1.04 bits per heavy atom. The molecule has 136 valence electrons. The lowest BCUT2D eigenvalue weighted by molar-refractivity contribution is -0.122. The monoisotopic (exact) mass is 353 g/mol. The van der Waals surface area contributed by atoms with Gasteiger partial charge >= 0.3 is 0 Å². The number of benzene rings is 2. The van der Waals surface area contributed by atoms with Crippen molar-refractivity contribution in [3.8, 4) is 11.5 Å². The summed E-state index contributed by atoms with van der Waals surface area (Å²) in [6.07, 6.45) is 2.63. The molecule has 1 aliphatic rings. The second-order valence-corrected chi connectivity index (χ2v) is 6.51. The first-order valence-electron chi connectivity index (χ1n) is 8.76. The lowest BCUT2D eigenvalue weighted by Crippen LogP contribution is -2.30. The molecule has 3 rings (SSSR count). The Hall–Kier alpha value is -2.82. The van der Waals surface area contributed by atoms with Gasteiger partial charge in [-0.25, -0.2) is 0 Å². The summed E-state index contributed by atoms with van der Waals surface area (Å²) in [7, 11) is 1.50. The Bertz CT molecular complexity index is 844. The van der Waals surface area contributed by atoms with Crippen molar-refractivity contribution >= 4 is 17.4 Å². The van der Waals surface area contributed by atoms with Gasteiger partial charge in [0.05, 0.1) is 7.11 Å². The molecule has 2 aromatic rings. The normalized spacial score (nSPS) is 13.7. The Balaban J connectivity index is 1.68. The smallest absolute Gasteiger partial charge is 0.265 e. The van der Waals surface area contributed by atoms with Crippen molar-refractivity contribution in [1.29, 1.82) is 0 Å². The number of fused-ring (bicyclic) bond motifs is 1. The van der Waals surface area contributed by atoms with Crippen LogP contribution in [0.5, 0.6) is 11.5 Å². The van der Waals surface area contributed by atoms with Crippen LogP contribution >= 0.6 is 0 Å². The van der Waals surface area contributed by atoms with Crippen LogP contribution in [-0.4, -0.2) is 24.9 Å². The number of hydrogen-bond donors (Lipinski definition) is 1. The molecule has 2 aromatic carbocycles. The molecular formula is C21H23NO4. The number of amides is 1. The molecule has 1 N–H and O–H groups in total. The van der Waals surface area contributed by atoms with E-state index in [-0.39, 0.29) is 11.7 Å². The number of methoxy groups -OCH3 is 1. The summed E-state index contributed by atoms with van der Waals surface area (Å²) >= 11 is 0. The quantitative estimate of drug-likeness (QED) is 0.803. The molecule has 0 aromatic heterocycles. The van der Waals surface area contributed by atoms with Crippen LogP contribution in [-0.2, 0) is 17.6 Å². The molecule has 1 atom stereocenters. The van der Waals surface area contributed by atoms with Crippen molar-refractivity contribution in [3.05, 3.63) is 53.1 Å². The van der Waals surface area contributed by atoms with Gasteiger partial charge in [-0.2, -0.15) is 0 Å². The minimum Gasteiger partial charge on any atom is -0.493 e. The number of anilines is 1. The van der Waals surface area contributed by atoms with E-state index in [1.165, 1.54) is 31.6 Å². The molecule has 0 radical (unpaired) electrons. The first kappa shape index (κ1) is 18.0. The third-order valence-electron chi connectivity index (χ3n) is 4.61. The van der Waals surface area contributed by atoms with Gasteiger partial charge in [0.15, 0.2) is 23.4 Å². The third kappa shape index (κ3) is 3.87. The number of rotatable bonds is 6. The third-order valence-corrected chi connectivity index (χ3v) is 4.61. The van der Waals surface area contributed by atoms with Gasteiger partial charge in [0.2, 0.25) is 0 Å². The van der Waals surface area contributed by atoms with Crippen molar-refractivity contribution in [2.45, 2.75) is 39.2 Å². The maximum atomic E-state index is 12.5. The molecule has 0 saturated heterocycles. The van der Waals surface area contributed by atoms with Gasteiger partial charge in [-0.15, -0.1) is 0 Å². The number of carbonyl (C=O) groups excluding carboxylic acids is 2. The van der Waals surface area contributed by atoms with Gasteiger partial charge in [0, 0.05) is 11.3 Å². The van der Waals surface area contributed by atoms with Crippen molar-refractivity contribution < 1.29 is 19.1 Å². The largest absolute Gasteiger partial charge is 0.493 e. The molecule has 0 aliphatic heterocycles. The first-order valence-corrected chi connectivity index (χ1v) is 8.76. The van der Waals surface area contributed by atoms with E-state index >= 15 is 0 Å². The Kier molecular flexibility index (Phi) is 5.26. The topological polar surface area (TPSA) is 64.6 Å². The summed E-state index contributed by atoms with van der Waals surface area (Å²) in [5.41, 5.74) is 3.98. The maximum absolute atomic E-state index is 12.5. The number of carbonyl (C=O) groups is 2. The number of Topliss-reactive ketones (excluding diaryl/α,β-unsaturated/α-hetero) is 1. The summed E-state index contributed by atoms with van der Waals surface area (Å²) in [6, 6.07) is 11.0. The zero-order chi connectivity index (χ0) is 18.7.